The normalized spacial score (nSPS) is 50.8. The molecule has 4 rings (SSSR count). The molecule has 0 radical (unpaired) electrons. The fraction of sp³-hybridized carbons (Fsp3) is 0.920. The van der Waals surface area contributed by atoms with Crippen molar-refractivity contribution in [2.75, 3.05) is 13.2 Å². The molecule has 0 aliphatic heterocycles. The Morgan fingerprint density at radius 1 is 1.00 bits per heavy atom. The maximum atomic E-state index is 10.6. The summed E-state index contributed by atoms with van der Waals surface area (Å²) in [5.74, 6) is 3.68. The largest absolute Gasteiger partial charge is 0.388 e. The van der Waals surface area contributed by atoms with Gasteiger partial charge in [0.25, 0.3) is 0 Å². The van der Waals surface area contributed by atoms with Crippen LogP contribution < -0.4 is 0 Å². The molecule has 3 heteroatoms. The molecular formula is C25H42O3. The summed E-state index contributed by atoms with van der Waals surface area (Å²) in [6, 6.07) is 0. The van der Waals surface area contributed by atoms with Crippen molar-refractivity contribution in [1.29, 1.82) is 0 Å². The molecule has 0 spiro atoms. The molecule has 8 atom stereocenters. The Morgan fingerprint density at radius 2 is 1.75 bits per heavy atom. The Bertz CT molecular complexity index is 618. The summed E-state index contributed by atoms with van der Waals surface area (Å²) < 4.78 is 5.97. The number of rotatable bonds is 4. The van der Waals surface area contributed by atoms with E-state index in [9.17, 15) is 10.2 Å². The first-order valence-corrected chi connectivity index (χ1v) is 11.7. The first-order valence-electron chi connectivity index (χ1n) is 11.7. The summed E-state index contributed by atoms with van der Waals surface area (Å²) in [5.41, 5.74) is -0.690. The monoisotopic (exact) mass is 390 g/mol. The Hall–Kier alpha value is -0.380. The number of hydrogen-bond donors (Lipinski definition) is 2. The summed E-state index contributed by atoms with van der Waals surface area (Å²) in [5, 5.41) is 20.5. The number of hydrogen-bond acceptors (Lipinski definition) is 3. The van der Waals surface area contributed by atoms with Crippen LogP contribution in [0.2, 0.25) is 0 Å². The van der Waals surface area contributed by atoms with E-state index in [1.54, 1.807) is 0 Å². The average Bonchev–Trinajstić information content (AvgIpc) is 2.91. The molecule has 0 aromatic heterocycles. The zero-order chi connectivity index (χ0) is 20.4. The van der Waals surface area contributed by atoms with Crippen molar-refractivity contribution in [3.63, 3.8) is 0 Å². The van der Waals surface area contributed by atoms with Gasteiger partial charge in [0.15, 0.2) is 0 Å². The lowest BCUT2D eigenvalue weighted by molar-refractivity contribution is -0.105. The lowest BCUT2D eigenvalue weighted by Crippen LogP contribution is -2.53. The van der Waals surface area contributed by atoms with Gasteiger partial charge >= 0.3 is 0 Å². The first-order chi connectivity index (χ1) is 12.9. The van der Waals surface area contributed by atoms with Gasteiger partial charge in [0.05, 0.1) is 24.4 Å². The van der Waals surface area contributed by atoms with Gasteiger partial charge in [0.2, 0.25) is 0 Å². The molecule has 0 aromatic carbocycles. The van der Waals surface area contributed by atoms with E-state index in [1.807, 2.05) is 20.8 Å². The highest BCUT2D eigenvalue weighted by Crippen LogP contribution is 2.66. The standard InChI is InChI=1S/C25H42O3/c1-22(2,26)16-28-15-18-7-9-20-19-8-6-17-14-23(3,27)12-13-25(17,5)21(19)10-11-24(18,20)4/h12-13,17-21,26-27H,6-11,14-16H2,1-5H3/t17-,18+,19?,20?,21?,23-,24+,25-/m0/s1. The van der Waals surface area contributed by atoms with Crippen molar-refractivity contribution in [2.45, 2.75) is 90.8 Å². The van der Waals surface area contributed by atoms with Crippen LogP contribution in [0.15, 0.2) is 12.2 Å². The van der Waals surface area contributed by atoms with Gasteiger partial charge in [-0.25, -0.2) is 0 Å². The van der Waals surface area contributed by atoms with E-state index < -0.39 is 11.2 Å². The maximum absolute atomic E-state index is 10.6. The molecule has 3 unspecified atom stereocenters. The summed E-state index contributed by atoms with van der Waals surface area (Å²) in [7, 11) is 0. The van der Waals surface area contributed by atoms with Crippen LogP contribution >= 0.6 is 0 Å². The second kappa shape index (κ2) is 6.82. The first kappa shape index (κ1) is 20.9. The van der Waals surface area contributed by atoms with Crippen LogP contribution in [0, 0.1) is 40.4 Å². The smallest absolute Gasteiger partial charge is 0.0824 e. The van der Waals surface area contributed by atoms with Crippen LogP contribution in [0.4, 0.5) is 0 Å². The Labute approximate surface area is 171 Å². The van der Waals surface area contributed by atoms with E-state index in [0.29, 0.717) is 23.9 Å². The zero-order valence-electron chi connectivity index (χ0n) is 18.7. The van der Waals surface area contributed by atoms with Crippen LogP contribution in [-0.4, -0.2) is 34.6 Å². The highest BCUT2D eigenvalue weighted by molar-refractivity contribution is 5.19. The molecule has 0 aromatic rings. The topological polar surface area (TPSA) is 49.7 Å². The predicted molar refractivity (Wildman–Crippen MR) is 113 cm³/mol. The Morgan fingerprint density at radius 3 is 2.46 bits per heavy atom. The minimum atomic E-state index is -0.738. The van der Waals surface area contributed by atoms with Crippen molar-refractivity contribution in [2.24, 2.45) is 40.4 Å². The highest BCUT2D eigenvalue weighted by atomic mass is 16.5. The quantitative estimate of drug-likeness (QED) is 0.667. The molecule has 28 heavy (non-hydrogen) atoms. The molecule has 0 heterocycles. The van der Waals surface area contributed by atoms with E-state index in [2.05, 4.69) is 26.0 Å². The summed E-state index contributed by atoms with van der Waals surface area (Å²) in [4.78, 5) is 0. The predicted octanol–water partition coefficient (Wildman–Crippen LogP) is 4.96. The van der Waals surface area contributed by atoms with Crippen LogP contribution in [0.1, 0.15) is 79.6 Å². The third kappa shape index (κ3) is 3.50. The summed E-state index contributed by atoms with van der Waals surface area (Å²) >= 11 is 0. The molecule has 160 valence electrons. The zero-order valence-corrected chi connectivity index (χ0v) is 18.7. The summed E-state index contributed by atoms with van der Waals surface area (Å²) in [6.07, 6.45) is 13.3. The molecule has 3 fully saturated rings. The van der Waals surface area contributed by atoms with Gasteiger partial charge in [-0.05, 0) is 106 Å². The minimum Gasteiger partial charge on any atom is -0.388 e. The Kier molecular flexibility index (Phi) is 5.08. The van der Waals surface area contributed by atoms with Crippen molar-refractivity contribution < 1.29 is 14.9 Å². The van der Waals surface area contributed by atoms with Gasteiger partial charge in [-0.1, -0.05) is 26.0 Å². The molecule has 0 bridgehead atoms. The maximum Gasteiger partial charge on any atom is 0.0824 e. The molecular weight excluding hydrogens is 348 g/mol. The molecule has 0 saturated heterocycles. The minimum absolute atomic E-state index is 0.266. The van der Waals surface area contributed by atoms with Gasteiger partial charge in [0, 0.05) is 0 Å². The Balaban J connectivity index is 1.49. The molecule has 0 amide bonds. The number of fused-ring (bicyclic) bond motifs is 5. The van der Waals surface area contributed by atoms with E-state index in [1.165, 1.54) is 38.5 Å². The number of ether oxygens (including phenoxy) is 1. The SMILES string of the molecule is CC(C)(O)COC[C@H]1CCC2C3CC[C@H]4C[C@@](C)(O)C=C[C@]4(C)C3CC[C@@]21C. The fourth-order valence-electron chi connectivity index (χ4n) is 7.81. The lowest BCUT2D eigenvalue weighted by Gasteiger charge is -2.60. The van der Waals surface area contributed by atoms with Gasteiger partial charge in [-0.2, -0.15) is 0 Å². The van der Waals surface area contributed by atoms with E-state index >= 15 is 0 Å². The third-order valence-electron chi connectivity index (χ3n) is 9.40. The van der Waals surface area contributed by atoms with Crippen molar-refractivity contribution in [1.82, 2.24) is 0 Å². The van der Waals surface area contributed by atoms with E-state index in [4.69, 9.17) is 4.74 Å². The second-order valence-corrected chi connectivity index (χ2v) is 12.1. The second-order valence-electron chi connectivity index (χ2n) is 12.1. The molecule has 3 saturated carbocycles. The van der Waals surface area contributed by atoms with Crippen LogP contribution in [-0.2, 0) is 4.74 Å². The van der Waals surface area contributed by atoms with Crippen LogP contribution in [0.3, 0.4) is 0 Å². The van der Waals surface area contributed by atoms with E-state index in [-0.39, 0.29) is 5.41 Å². The molecule has 4 aliphatic rings. The van der Waals surface area contributed by atoms with Crippen LogP contribution in [0.5, 0.6) is 0 Å². The van der Waals surface area contributed by atoms with Crippen molar-refractivity contribution >= 4 is 0 Å². The third-order valence-corrected chi connectivity index (χ3v) is 9.40. The van der Waals surface area contributed by atoms with Gasteiger partial charge in [-0.3, -0.25) is 0 Å². The summed E-state index contributed by atoms with van der Waals surface area (Å²) in [6.45, 7) is 11.9. The fourth-order valence-corrected chi connectivity index (χ4v) is 7.81. The number of aliphatic hydroxyl groups is 2. The molecule has 4 aliphatic carbocycles. The lowest BCUT2D eigenvalue weighted by atomic mass is 9.45. The van der Waals surface area contributed by atoms with E-state index in [0.717, 1.165) is 30.8 Å². The highest BCUT2D eigenvalue weighted by Gasteiger charge is 2.59. The number of allylic oxidation sites excluding steroid dienone is 1. The van der Waals surface area contributed by atoms with Gasteiger partial charge in [-0.15, -0.1) is 0 Å². The average molecular weight is 391 g/mol. The van der Waals surface area contributed by atoms with Gasteiger partial charge in [0.1, 0.15) is 0 Å². The van der Waals surface area contributed by atoms with Crippen molar-refractivity contribution in [3.05, 3.63) is 12.2 Å². The van der Waals surface area contributed by atoms with Crippen LogP contribution in [0.25, 0.3) is 0 Å². The molecule has 3 nitrogen and oxygen atoms in total. The molecule has 2 N–H and O–H groups in total. The van der Waals surface area contributed by atoms with Gasteiger partial charge < -0.3 is 14.9 Å². The van der Waals surface area contributed by atoms with Crippen molar-refractivity contribution in [3.8, 4) is 0 Å².